The zero-order valence-electron chi connectivity index (χ0n) is 29.6. The van der Waals surface area contributed by atoms with Gasteiger partial charge in [0, 0.05) is 59.3 Å². The van der Waals surface area contributed by atoms with Crippen LogP contribution < -0.4 is 19.7 Å². The summed E-state index contributed by atoms with van der Waals surface area (Å²) < 4.78 is 38.3. The van der Waals surface area contributed by atoms with Crippen LogP contribution in [0.15, 0.2) is 65.6 Å². The summed E-state index contributed by atoms with van der Waals surface area (Å²) in [4.78, 5) is 45.0. The van der Waals surface area contributed by atoms with Gasteiger partial charge in [-0.3, -0.25) is 14.4 Å². The van der Waals surface area contributed by atoms with Crippen LogP contribution in [0.4, 0.5) is 11.4 Å². The molecule has 14 heteroatoms. The maximum atomic E-state index is 13.7. The van der Waals surface area contributed by atoms with Crippen molar-refractivity contribution in [2.75, 3.05) is 78.3 Å². The van der Waals surface area contributed by atoms with Crippen molar-refractivity contribution in [2.45, 2.75) is 37.5 Å². The Kier molecular flexibility index (Phi) is 14.6. The molecule has 12 nitrogen and oxygen atoms in total. The first-order valence-electron chi connectivity index (χ1n) is 16.3. The summed E-state index contributed by atoms with van der Waals surface area (Å²) in [5, 5.41) is 2.72. The Hall–Kier alpha value is -4.17. The van der Waals surface area contributed by atoms with Crippen LogP contribution in [0, 0.1) is 6.92 Å². The molecule has 1 saturated heterocycles. The molecule has 0 atom stereocenters. The second-order valence-electron chi connectivity index (χ2n) is 12.3. The highest BCUT2D eigenvalue weighted by atomic mass is 35.5. The normalized spacial score (nSPS) is 13.4. The smallest absolute Gasteiger partial charge is 0.258 e. The topological polar surface area (TPSA) is 129 Å². The molecule has 3 amide bonds. The summed E-state index contributed by atoms with van der Waals surface area (Å²) in [5.74, 6) is 0.0508. The lowest BCUT2D eigenvalue weighted by Crippen LogP contribution is -2.47. The molecule has 3 aromatic rings. The number of ether oxygens (including phenoxy) is 2. The number of hydrogen-bond donors (Lipinski definition) is 1. The molecule has 1 aliphatic rings. The van der Waals surface area contributed by atoms with Crippen LogP contribution in [0.2, 0.25) is 0 Å². The second kappa shape index (κ2) is 18.2. The lowest BCUT2D eigenvalue weighted by molar-refractivity contribution is -0.132. The first-order valence-corrected chi connectivity index (χ1v) is 17.8. The predicted molar refractivity (Wildman–Crippen MR) is 197 cm³/mol. The van der Waals surface area contributed by atoms with Gasteiger partial charge >= 0.3 is 0 Å². The van der Waals surface area contributed by atoms with Crippen molar-refractivity contribution < 1.29 is 32.3 Å². The van der Waals surface area contributed by atoms with E-state index in [9.17, 15) is 22.8 Å². The molecule has 0 aromatic heterocycles. The standard InChI is InChI=1S/C36H47N5O7S.ClH/c1-26-15-18-30(32(24-26)48-23-11-7-8-14-34(42)41-21-19-39(4)20-22-41)40(5)36(44)27-16-17-29(31(25-27)47-6)37-35(43)28-12-9-10-13-33(28)49(45,46)38(2)3;/h9-10,12-13,15-18,24-25H,7-8,11,14,19-23H2,1-6H3,(H,37,43);1H. The minimum absolute atomic E-state index is 0. The third-order valence-electron chi connectivity index (χ3n) is 8.52. The van der Waals surface area contributed by atoms with Gasteiger partial charge in [0.15, 0.2) is 0 Å². The Morgan fingerprint density at radius 1 is 0.880 bits per heavy atom. The third kappa shape index (κ3) is 9.96. The Bertz CT molecular complexity index is 1760. The third-order valence-corrected chi connectivity index (χ3v) is 10.4. The van der Waals surface area contributed by atoms with Crippen LogP contribution in [0.5, 0.6) is 11.5 Å². The van der Waals surface area contributed by atoms with Crippen molar-refractivity contribution in [1.29, 1.82) is 0 Å². The van der Waals surface area contributed by atoms with Gasteiger partial charge in [-0.2, -0.15) is 0 Å². The van der Waals surface area contributed by atoms with E-state index in [-0.39, 0.29) is 46.1 Å². The van der Waals surface area contributed by atoms with Gasteiger partial charge in [0.25, 0.3) is 11.8 Å². The van der Waals surface area contributed by atoms with Crippen molar-refractivity contribution >= 4 is 51.5 Å². The molecule has 4 rings (SSSR count). The van der Waals surface area contributed by atoms with E-state index in [1.165, 1.54) is 44.3 Å². The summed E-state index contributed by atoms with van der Waals surface area (Å²) in [6, 6.07) is 16.2. The average Bonchev–Trinajstić information content (AvgIpc) is 3.09. The van der Waals surface area contributed by atoms with E-state index in [2.05, 4.69) is 17.3 Å². The van der Waals surface area contributed by atoms with Gasteiger partial charge in [-0.1, -0.05) is 18.2 Å². The number of piperazine rings is 1. The number of rotatable bonds is 14. The van der Waals surface area contributed by atoms with Crippen LogP contribution in [-0.4, -0.2) is 108 Å². The Balaban J connectivity index is 0.00000676. The summed E-state index contributed by atoms with van der Waals surface area (Å²) in [6.07, 6.45) is 2.97. The lowest BCUT2D eigenvalue weighted by Gasteiger charge is -2.32. The minimum atomic E-state index is -3.87. The Morgan fingerprint density at radius 2 is 1.58 bits per heavy atom. The summed E-state index contributed by atoms with van der Waals surface area (Å²) >= 11 is 0. The van der Waals surface area contributed by atoms with Crippen molar-refractivity contribution in [1.82, 2.24) is 14.1 Å². The van der Waals surface area contributed by atoms with E-state index >= 15 is 0 Å². The number of benzene rings is 3. The monoisotopic (exact) mass is 729 g/mol. The van der Waals surface area contributed by atoms with E-state index in [4.69, 9.17) is 9.47 Å². The maximum absolute atomic E-state index is 13.7. The van der Waals surface area contributed by atoms with Crippen LogP contribution >= 0.6 is 12.4 Å². The largest absolute Gasteiger partial charge is 0.495 e. The van der Waals surface area contributed by atoms with Crippen molar-refractivity contribution in [2.24, 2.45) is 0 Å². The molecule has 0 bridgehead atoms. The molecule has 1 heterocycles. The number of likely N-dealkylation sites (N-methyl/N-ethyl adjacent to an activating group) is 1. The number of aryl methyl sites for hydroxylation is 1. The molecule has 50 heavy (non-hydrogen) atoms. The number of unbranched alkanes of at least 4 members (excludes halogenated alkanes) is 2. The number of sulfonamides is 1. The molecule has 1 aliphatic heterocycles. The molecule has 3 aromatic carbocycles. The summed E-state index contributed by atoms with van der Waals surface area (Å²) in [6.45, 7) is 5.80. The van der Waals surface area contributed by atoms with E-state index < -0.39 is 15.9 Å². The average molecular weight is 730 g/mol. The van der Waals surface area contributed by atoms with E-state index in [1.807, 2.05) is 30.0 Å². The lowest BCUT2D eigenvalue weighted by atomic mass is 10.1. The van der Waals surface area contributed by atoms with Gasteiger partial charge in [0.1, 0.15) is 11.5 Å². The second-order valence-corrected chi connectivity index (χ2v) is 14.5. The Labute approximate surface area is 301 Å². The highest BCUT2D eigenvalue weighted by Crippen LogP contribution is 2.32. The van der Waals surface area contributed by atoms with Gasteiger partial charge in [-0.15, -0.1) is 12.4 Å². The first kappa shape index (κ1) is 40.3. The first-order chi connectivity index (χ1) is 23.3. The number of methoxy groups -OCH3 is 1. The fourth-order valence-corrected chi connectivity index (χ4v) is 6.54. The van der Waals surface area contributed by atoms with Crippen LogP contribution in [0.1, 0.15) is 52.0 Å². The fourth-order valence-electron chi connectivity index (χ4n) is 5.46. The number of carbonyl (C=O) groups is 3. The van der Waals surface area contributed by atoms with Gasteiger partial charge < -0.3 is 29.5 Å². The number of nitrogens with zero attached hydrogens (tertiary/aromatic N) is 4. The molecule has 1 fully saturated rings. The summed E-state index contributed by atoms with van der Waals surface area (Å²) in [5.41, 5.74) is 2.14. The van der Waals surface area contributed by atoms with Crippen molar-refractivity contribution in [3.63, 3.8) is 0 Å². The maximum Gasteiger partial charge on any atom is 0.258 e. The molecule has 0 unspecified atom stereocenters. The minimum Gasteiger partial charge on any atom is -0.495 e. The number of anilines is 2. The predicted octanol–water partition coefficient (Wildman–Crippen LogP) is 4.92. The van der Waals surface area contributed by atoms with Crippen LogP contribution in [0.3, 0.4) is 0 Å². The summed E-state index contributed by atoms with van der Waals surface area (Å²) in [7, 11) is 4.07. The van der Waals surface area contributed by atoms with E-state index in [0.717, 1.165) is 55.3 Å². The fraction of sp³-hybridized carbons (Fsp3) is 0.417. The molecule has 0 radical (unpaired) electrons. The SMILES string of the molecule is COc1cc(C(=O)N(C)c2ccc(C)cc2OCCCCCC(=O)N2CCN(C)CC2)ccc1NC(=O)c1ccccc1S(=O)(=O)N(C)C.Cl. The zero-order chi connectivity index (χ0) is 35.7. The molecular weight excluding hydrogens is 682 g/mol. The van der Waals surface area contributed by atoms with Gasteiger partial charge in [-0.25, -0.2) is 12.7 Å². The zero-order valence-corrected chi connectivity index (χ0v) is 31.2. The van der Waals surface area contributed by atoms with Crippen LogP contribution in [0.25, 0.3) is 0 Å². The Morgan fingerprint density at radius 3 is 2.26 bits per heavy atom. The number of halogens is 1. The van der Waals surface area contributed by atoms with Gasteiger partial charge in [0.05, 0.1) is 35.6 Å². The van der Waals surface area contributed by atoms with Crippen LogP contribution in [-0.2, 0) is 14.8 Å². The molecule has 0 spiro atoms. The molecular formula is C36H48ClN5O7S. The number of amides is 3. The molecule has 0 aliphatic carbocycles. The number of nitrogens with one attached hydrogen (secondary N) is 1. The highest BCUT2D eigenvalue weighted by molar-refractivity contribution is 7.89. The van der Waals surface area contributed by atoms with Crippen molar-refractivity contribution in [3.05, 3.63) is 77.4 Å². The molecule has 272 valence electrons. The molecule has 1 N–H and O–H groups in total. The number of hydrogen-bond acceptors (Lipinski definition) is 8. The number of carbonyl (C=O) groups excluding carboxylic acids is 3. The quantitative estimate of drug-likeness (QED) is 0.232. The highest BCUT2D eigenvalue weighted by Gasteiger charge is 2.25. The molecule has 0 saturated carbocycles. The van der Waals surface area contributed by atoms with E-state index in [0.29, 0.717) is 30.0 Å². The van der Waals surface area contributed by atoms with Gasteiger partial charge in [-0.05, 0) is 81.3 Å². The van der Waals surface area contributed by atoms with E-state index in [1.54, 1.807) is 31.3 Å². The van der Waals surface area contributed by atoms with Crippen molar-refractivity contribution in [3.8, 4) is 11.5 Å². The van der Waals surface area contributed by atoms with Gasteiger partial charge in [0.2, 0.25) is 15.9 Å².